The Labute approximate surface area is 301 Å². The number of hydrogen-bond acceptors (Lipinski definition) is 8. The molecule has 52 heavy (non-hydrogen) atoms. The minimum absolute atomic E-state index is 0.0589. The topological polar surface area (TPSA) is 77.5 Å². The van der Waals surface area contributed by atoms with Crippen LogP contribution < -0.4 is 9.47 Å². The Morgan fingerprint density at radius 2 is 0.885 bits per heavy atom. The maximum atomic E-state index is 13.2. The fourth-order valence-corrected chi connectivity index (χ4v) is 6.95. The van der Waals surface area contributed by atoms with Gasteiger partial charge >= 0.3 is 24.3 Å². The molecule has 290 valence electrons. The van der Waals surface area contributed by atoms with Crippen LogP contribution in [0.1, 0.15) is 88.2 Å². The second-order valence-corrected chi connectivity index (χ2v) is 14.3. The van der Waals surface area contributed by atoms with Crippen molar-refractivity contribution >= 4 is 11.9 Å². The van der Waals surface area contributed by atoms with Crippen molar-refractivity contribution in [3.8, 4) is 11.5 Å². The Morgan fingerprint density at radius 1 is 0.577 bits per heavy atom. The minimum atomic E-state index is -4.48. The third kappa shape index (κ3) is 12.3. The number of nitrogens with zero attached hydrogens (tertiary/aromatic N) is 2. The van der Waals surface area contributed by atoms with Gasteiger partial charge in [-0.05, 0) is 114 Å². The van der Waals surface area contributed by atoms with Crippen molar-refractivity contribution in [1.82, 2.24) is 9.80 Å². The van der Waals surface area contributed by atoms with Gasteiger partial charge in [-0.1, -0.05) is 38.5 Å². The van der Waals surface area contributed by atoms with Gasteiger partial charge in [0.05, 0.1) is 11.1 Å². The lowest BCUT2D eigenvalue weighted by atomic mass is 9.83. The van der Waals surface area contributed by atoms with E-state index in [0.717, 1.165) is 88.5 Å². The quantitative estimate of drug-likeness (QED) is 0.0824. The number of halogens is 6. The van der Waals surface area contributed by atoms with Gasteiger partial charge in [0.2, 0.25) is 0 Å². The van der Waals surface area contributed by atoms with Crippen molar-refractivity contribution in [3.05, 3.63) is 59.7 Å². The summed E-state index contributed by atoms with van der Waals surface area (Å²) in [5, 5.41) is 0. The highest BCUT2D eigenvalue weighted by atomic mass is 19.4. The molecular weight excluding hydrogens is 694 g/mol. The van der Waals surface area contributed by atoms with Crippen LogP contribution in [0.3, 0.4) is 0 Å². The predicted octanol–water partition coefficient (Wildman–Crippen LogP) is 8.72. The zero-order valence-electron chi connectivity index (χ0n) is 30.2. The maximum Gasteiger partial charge on any atom is 0.419 e. The second-order valence-electron chi connectivity index (χ2n) is 14.3. The molecule has 4 rings (SSSR count). The maximum absolute atomic E-state index is 13.2. The fourth-order valence-electron chi connectivity index (χ4n) is 6.95. The molecule has 0 spiro atoms. The molecule has 0 radical (unpaired) electrons. The summed E-state index contributed by atoms with van der Waals surface area (Å²) in [5.41, 5.74) is -1.58. The average Bonchev–Trinajstić information content (AvgIpc) is 3.10. The number of carbonyl (C=O) groups is 2. The van der Waals surface area contributed by atoms with Gasteiger partial charge in [0.1, 0.15) is 23.7 Å². The van der Waals surface area contributed by atoms with E-state index in [0.29, 0.717) is 0 Å². The van der Waals surface area contributed by atoms with E-state index in [1.165, 1.54) is 24.3 Å². The highest BCUT2D eigenvalue weighted by molar-refractivity contribution is 6.29. The van der Waals surface area contributed by atoms with Crippen molar-refractivity contribution in [3.63, 3.8) is 0 Å². The summed E-state index contributed by atoms with van der Waals surface area (Å²) in [6, 6.07) is 8.93. The first kappa shape index (κ1) is 41.2. The van der Waals surface area contributed by atoms with Gasteiger partial charge < -0.3 is 18.9 Å². The van der Waals surface area contributed by atoms with Gasteiger partial charge in [0.25, 0.3) is 0 Å². The van der Waals surface area contributed by atoms with Crippen LogP contribution in [0.5, 0.6) is 11.5 Å². The van der Waals surface area contributed by atoms with Crippen LogP contribution >= 0.6 is 0 Å². The Hall–Kier alpha value is -3.52. The molecule has 0 amide bonds. The van der Waals surface area contributed by atoms with Gasteiger partial charge in [0.15, 0.2) is 12.5 Å². The summed E-state index contributed by atoms with van der Waals surface area (Å²) in [6.45, 7) is 0. The lowest BCUT2D eigenvalue weighted by molar-refractivity contribution is -0.185. The standard InChI is InChI=1S/C38H50F6N2O6/c1-45(2)33(23-31(25-11-7-5-8-12-25)49-29-19-15-27(16-20-29)37(39,40)41)51-35(47)36(48)52-34(46(3)4)24-32(26-13-9-6-10-14-26)50-30-21-17-28(18-22-30)38(42,43)44/h15-22,25-26,31-34H,5-14,23-24H2,1-4H3. The number of alkyl halides is 6. The number of rotatable bonds is 14. The summed E-state index contributed by atoms with van der Waals surface area (Å²) >= 11 is 0. The fraction of sp³-hybridized carbons (Fsp3) is 0.632. The van der Waals surface area contributed by atoms with E-state index >= 15 is 0 Å². The first-order chi connectivity index (χ1) is 24.5. The summed E-state index contributed by atoms with van der Waals surface area (Å²) in [4.78, 5) is 29.7. The van der Waals surface area contributed by atoms with Gasteiger partial charge in [-0.3, -0.25) is 9.80 Å². The van der Waals surface area contributed by atoms with Crippen molar-refractivity contribution in [2.75, 3.05) is 28.2 Å². The number of benzene rings is 2. The molecular formula is C38H50F6N2O6. The summed E-state index contributed by atoms with van der Waals surface area (Å²) < 4.78 is 103. The summed E-state index contributed by atoms with van der Waals surface area (Å²) in [5.74, 6) is -1.81. The van der Waals surface area contributed by atoms with Crippen LogP contribution in [-0.4, -0.2) is 74.6 Å². The largest absolute Gasteiger partial charge is 0.490 e. The van der Waals surface area contributed by atoms with Gasteiger partial charge in [-0.25, -0.2) is 9.59 Å². The monoisotopic (exact) mass is 744 g/mol. The molecule has 4 unspecified atom stereocenters. The van der Waals surface area contributed by atoms with Crippen LogP contribution in [-0.2, 0) is 31.4 Å². The molecule has 0 heterocycles. The highest BCUT2D eigenvalue weighted by Gasteiger charge is 2.36. The Kier molecular flexibility index (Phi) is 14.7. The number of hydrogen-bond donors (Lipinski definition) is 0. The molecule has 8 nitrogen and oxygen atoms in total. The molecule has 0 aromatic heterocycles. The molecule has 2 saturated carbocycles. The van der Waals surface area contributed by atoms with E-state index in [9.17, 15) is 35.9 Å². The van der Waals surface area contributed by atoms with Crippen LogP contribution in [0.25, 0.3) is 0 Å². The van der Waals surface area contributed by atoms with Crippen molar-refractivity contribution in [2.24, 2.45) is 11.8 Å². The number of ether oxygens (including phenoxy) is 4. The van der Waals surface area contributed by atoms with E-state index in [1.807, 2.05) is 0 Å². The SMILES string of the molecule is CN(C)C(CC(Oc1ccc(C(F)(F)F)cc1)C1CCCCC1)OC(=O)C(=O)OC(CC(Oc1ccc(C(F)(F)F)cc1)C1CCCCC1)N(C)C. The van der Waals surface area contributed by atoms with E-state index in [4.69, 9.17) is 18.9 Å². The average molecular weight is 745 g/mol. The first-order valence-electron chi connectivity index (χ1n) is 17.9. The molecule has 4 atom stereocenters. The molecule has 0 aliphatic heterocycles. The zero-order valence-corrected chi connectivity index (χ0v) is 30.2. The van der Waals surface area contributed by atoms with Crippen molar-refractivity contribution in [1.29, 1.82) is 0 Å². The Balaban J connectivity index is 1.44. The van der Waals surface area contributed by atoms with Crippen LogP contribution in [0.15, 0.2) is 48.5 Å². The Bertz CT molecular complexity index is 1300. The van der Waals surface area contributed by atoms with Gasteiger partial charge in [0, 0.05) is 12.8 Å². The molecule has 2 aliphatic carbocycles. The zero-order chi connectivity index (χ0) is 38.1. The van der Waals surface area contributed by atoms with Crippen LogP contribution in [0.2, 0.25) is 0 Å². The highest BCUT2D eigenvalue weighted by Crippen LogP contribution is 2.36. The molecule has 0 saturated heterocycles. The first-order valence-corrected chi connectivity index (χ1v) is 17.9. The van der Waals surface area contributed by atoms with Crippen LogP contribution in [0.4, 0.5) is 26.3 Å². The van der Waals surface area contributed by atoms with E-state index < -0.39 is 60.1 Å². The molecule has 0 N–H and O–H groups in total. The molecule has 2 aromatic rings. The number of esters is 2. The smallest absolute Gasteiger partial charge is 0.419 e. The lowest BCUT2D eigenvalue weighted by Crippen LogP contribution is -2.44. The molecule has 2 aliphatic rings. The van der Waals surface area contributed by atoms with Crippen molar-refractivity contribution in [2.45, 2.75) is 114 Å². The third-order valence-electron chi connectivity index (χ3n) is 9.96. The van der Waals surface area contributed by atoms with Gasteiger partial charge in [-0.2, -0.15) is 26.3 Å². The van der Waals surface area contributed by atoms with E-state index in [1.54, 1.807) is 38.0 Å². The van der Waals surface area contributed by atoms with Crippen LogP contribution in [0, 0.1) is 11.8 Å². The second kappa shape index (κ2) is 18.5. The number of carbonyl (C=O) groups excluding carboxylic acids is 2. The van der Waals surface area contributed by atoms with Gasteiger partial charge in [-0.15, -0.1) is 0 Å². The minimum Gasteiger partial charge on any atom is -0.490 e. The molecule has 0 bridgehead atoms. The Morgan fingerprint density at radius 3 is 1.15 bits per heavy atom. The third-order valence-corrected chi connectivity index (χ3v) is 9.96. The summed E-state index contributed by atoms with van der Waals surface area (Å²) in [7, 11) is 6.70. The van der Waals surface area contributed by atoms with E-state index in [-0.39, 0.29) is 36.2 Å². The summed E-state index contributed by atoms with van der Waals surface area (Å²) in [6.07, 6.45) is -2.20. The predicted molar refractivity (Wildman–Crippen MR) is 181 cm³/mol. The molecule has 2 aromatic carbocycles. The molecule has 14 heteroatoms. The molecule has 2 fully saturated rings. The normalized spacial score (nSPS) is 18.8. The van der Waals surface area contributed by atoms with E-state index in [2.05, 4.69) is 0 Å². The van der Waals surface area contributed by atoms with Crippen molar-refractivity contribution < 1.29 is 54.9 Å². The lowest BCUT2D eigenvalue weighted by Gasteiger charge is -2.35.